The average molecular weight is 340 g/mol. The van der Waals surface area contributed by atoms with E-state index in [1.807, 2.05) is 6.92 Å². The van der Waals surface area contributed by atoms with E-state index in [2.05, 4.69) is 42.8 Å². The Kier molecular flexibility index (Phi) is 4.58. The third kappa shape index (κ3) is 3.32. The second kappa shape index (κ2) is 6.41. The largest absolute Gasteiger partial charge is 0.381 e. The molecule has 0 unspecified atom stereocenters. The maximum absolute atomic E-state index is 5.46. The molecule has 0 amide bonds. The first-order valence-corrected chi connectivity index (χ1v) is 8.20. The van der Waals surface area contributed by atoms with Crippen molar-refractivity contribution in [3.63, 3.8) is 0 Å². The van der Waals surface area contributed by atoms with Crippen molar-refractivity contribution in [1.29, 1.82) is 0 Å². The van der Waals surface area contributed by atoms with Gasteiger partial charge in [0.2, 0.25) is 0 Å². The van der Waals surface area contributed by atoms with E-state index < -0.39 is 0 Å². The average Bonchev–Trinajstić information content (AvgIpc) is 2.96. The van der Waals surface area contributed by atoms with Crippen LogP contribution < -0.4 is 4.90 Å². The molecule has 20 heavy (non-hydrogen) atoms. The van der Waals surface area contributed by atoms with E-state index in [0.717, 1.165) is 61.3 Å². The van der Waals surface area contributed by atoms with E-state index in [9.17, 15) is 0 Å². The number of pyridine rings is 1. The highest BCUT2D eigenvalue weighted by Crippen LogP contribution is 2.21. The lowest BCUT2D eigenvalue weighted by atomic mass is 10.1. The van der Waals surface area contributed by atoms with Crippen LogP contribution >= 0.6 is 15.9 Å². The number of aryl methyl sites for hydroxylation is 1. The SMILES string of the molecule is Cc1nc(N2CCN(C[C@H]3CCOC3)CC2)ccc1Br. The maximum atomic E-state index is 5.46. The molecular weight excluding hydrogens is 318 g/mol. The Hall–Kier alpha value is -0.650. The van der Waals surface area contributed by atoms with Crippen LogP contribution in [-0.4, -0.2) is 55.8 Å². The van der Waals surface area contributed by atoms with E-state index in [-0.39, 0.29) is 0 Å². The highest BCUT2D eigenvalue weighted by molar-refractivity contribution is 9.10. The molecule has 110 valence electrons. The van der Waals surface area contributed by atoms with Gasteiger partial charge in [-0.05, 0) is 47.3 Å². The molecule has 1 aromatic rings. The topological polar surface area (TPSA) is 28.6 Å². The van der Waals surface area contributed by atoms with Gasteiger partial charge in [0, 0.05) is 43.8 Å². The van der Waals surface area contributed by atoms with E-state index in [1.54, 1.807) is 0 Å². The molecule has 1 aromatic heterocycles. The van der Waals surface area contributed by atoms with Crippen LogP contribution in [0, 0.1) is 12.8 Å². The Balaban J connectivity index is 1.53. The number of nitrogens with zero attached hydrogens (tertiary/aromatic N) is 3. The molecule has 3 rings (SSSR count). The van der Waals surface area contributed by atoms with Crippen LogP contribution in [0.25, 0.3) is 0 Å². The van der Waals surface area contributed by atoms with E-state index in [0.29, 0.717) is 0 Å². The molecule has 0 spiro atoms. The first-order valence-electron chi connectivity index (χ1n) is 7.40. The summed E-state index contributed by atoms with van der Waals surface area (Å²) in [6, 6.07) is 4.21. The molecule has 5 heteroatoms. The van der Waals surface area contributed by atoms with Crippen molar-refractivity contribution in [2.45, 2.75) is 13.3 Å². The van der Waals surface area contributed by atoms with Crippen molar-refractivity contribution in [3.8, 4) is 0 Å². The molecule has 2 saturated heterocycles. The van der Waals surface area contributed by atoms with Crippen molar-refractivity contribution in [2.24, 2.45) is 5.92 Å². The summed E-state index contributed by atoms with van der Waals surface area (Å²) in [5.74, 6) is 1.85. The fourth-order valence-electron chi connectivity index (χ4n) is 2.96. The van der Waals surface area contributed by atoms with Crippen LogP contribution in [0.4, 0.5) is 5.82 Å². The highest BCUT2D eigenvalue weighted by Gasteiger charge is 2.23. The van der Waals surface area contributed by atoms with Gasteiger partial charge in [-0.2, -0.15) is 0 Å². The lowest BCUT2D eigenvalue weighted by Crippen LogP contribution is -2.48. The van der Waals surface area contributed by atoms with Crippen molar-refractivity contribution < 1.29 is 4.74 Å². The summed E-state index contributed by atoms with van der Waals surface area (Å²) in [5, 5.41) is 0. The molecule has 3 heterocycles. The minimum Gasteiger partial charge on any atom is -0.381 e. The molecule has 2 fully saturated rings. The number of rotatable bonds is 3. The third-order valence-corrected chi connectivity index (χ3v) is 5.08. The van der Waals surface area contributed by atoms with Crippen LogP contribution in [0.1, 0.15) is 12.1 Å². The van der Waals surface area contributed by atoms with E-state index in [1.165, 1.54) is 13.0 Å². The highest BCUT2D eigenvalue weighted by atomic mass is 79.9. The normalized spacial score (nSPS) is 24.3. The zero-order valence-corrected chi connectivity index (χ0v) is 13.6. The quantitative estimate of drug-likeness (QED) is 0.844. The second-order valence-corrected chi connectivity index (χ2v) is 6.61. The summed E-state index contributed by atoms with van der Waals surface area (Å²) in [7, 11) is 0. The molecular formula is C15H22BrN3O. The summed E-state index contributed by atoms with van der Waals surface area (Å²) in [6.45, 7) is 9.55. The van der Waals surface area contributed by atoms with Crippen LogP contribution in [0.5, 0.6) is 0 Å². The third-order valence-electron chi connectivity index (χ3n) is 4.24. The molecule has 0 aliphatic carbocycles. The fourth-order valence-corrected chi connectivity index (χ4v) is 3.18. The van der Waals surface area contributed by atoms with E-state index in [4.69, 9.17) is 4.74 Å². The number of halogens is 1. The number of ether oxygens (including phenoxy) is 1. The zero-order valence-electron chi connectivity index (χ0n) is 12.0. The molecule has 0 radical (unpaired) electrons. The molecule has 4 nitrogen and oxygen atoms in total. The Labute approximate surface area is 129 Å². The molecule has 0 N–H and O–H groups in total. The van der Waals surface area contributed by atoms with Crippen molar-refractivity contribution in [3.05, 3.63) is 22.3 Å². The van der Waals surface area contributed by atoms with Gasteiger partial charge in [0.1, 0.15) is 5.82 Å². The zero-order chi connectivity index (χ0) is 13.9. The summed E-state index contributed by atoms with van der Waals surface area (Å²) in [5.41, 5.74) is 1.06. The summed E-state index contributed by atoms with van der Waals surface area (Å²) in [4.78, 5) is 9.63. The van der Waals surface area contributed by atoms with Gasteiger partial charge in [-0.15, -0.1) is 0 Å². The molecule has 1 atom stereocenters. The fraction of sp³-hybridized carbons (Fsp3) is 0.667. The Morgan fingerprint density at radius 2 is 2.10 bits per heavy atom. The van der Waals surface area contributed by atoms with Gasteiger partial charge in [0.25, 0.3) is 0 Å². The lowest BCUT2D eigenvalue weighted by Gasteiger charge is -2.36. The number of aromatic nitrogens is 1. The van der Waals surface area contributed by atoms with Gasteiger partial charge in [-0.1, -0.05) is 0 Å². The van der Waals surface area contributed by atoms with Gasteiger partial charge in [-0.3, -0.25) is 4.90 Å². The van der Waals surface area contributed by atoms with Gasteiger partial charge < -0.3 is 9.64 Å². The minimum absolute atomic E-state index is 0.745. The summed E-state index contributed by atoms with van der Waals surface area (Å²) in [6.07, 6.45) is 1.23. The molecule has 2 aliphatic heterocycles. The molecule has 0 saturated carbocycles. The van der Waals surface area contributed by atoms with Crippen molar-refractivity contribution in [2.75, 3.05) is 50.8 Å². The number of piperazine rings is 1. The molecule has 0 aromatic carbocycles. The summed E-state index contributed by atoms with van der Waals surface area (Å²) >= 11 is 3.51. The predicted octanol–water partition coefficient (Wildman–Crippen LogP) is 2.31. The number of hydrogen-bond acceptors (Lipinski definition) is 4. The van der Waals surface area contributed by atoms with Gasteiger partial charge in [0.05, 0.1) is 12.3 Å². The molecule has 0 bridgehead atoms. The van der Waals surface area contributed by atoms with Gasteiger partial charge >= 0.3 is 0 Å². The standard InChI is InChI=1S/C15H22BrN3O/c1-12-14(16)2-3-15(17-12)19-7-5-18(6-8-19)10-13-4-9-20-11-13/h2-3,13H,4-11H2,1H3/t13-/m1/s1. The van der Waals surface area contributed by atoms with Crippen molar-refractivity contribution >= 4 is 21.7 Å². The van der Waals surface area contributed by atoms with Crippen LogP contribution in [0.3, 0.4) is 0 Å². The van der Waals surface area contributed by atoms with Crippen LogP contribution in [0.15, 0.2) is 16.6 Å². The van der Waals surface area contributed by atoms with E-state index >= 15 is 0 Å². The van der Waals surface area contributed by atoms with Crippen LogP contribution in [-0.2, 0) is 4.74 Å². The first kappa shape index (κ1) is 14.3. The van der Waals surface area contributed by atoms with Gasteiger partial charge in [0.15, 0.2) is 0 Å². The van der Waals surface area contributed by atoms with Crippen molar-refractivity contribution in [1.82, 2.24) is 9.88 Å². The number of hydrogen-bond donors (Lipinski definition) is 0. The smallest absolute Gasteiger partial charge is 0.128 e. The Bertz CT molecular complexity index is 454. The Morgan fingerprint density at radius 1 is 1.30 bits per heavy atom. The predicted molar refractivity (Wildman–Crippen MR) is 84.3 cm³/mol. The molecule has 2 aliphatic rings. The Morgan fingerprint density at radius 3 is 2.75 bits per heavy atom. The number of anilines is 1. The lowest BCUT2D eigenvalue weighted by molar-refractivity contribution is 0.164. The van der Waals surface area contributed by atoms with Gasteiger partial charge in [-0.25, -0.2) is 4.98 Å². The maximum Gasteiger partial charge on any atom is 0.128 e. The minimum atomic E-state index is 0.745. The second-order valence-electron chi connectivity index (χ2n) is 5.75. The van der Waals surface area contributed by atoms with Crippen LogP contribution in [0.2, 0.25) is 0 Å². The first-order chi connectivity index (χ1) is 9.72. The monoisotopic (exact) mass is 339 g/mol. The summed E-state index contributed by atoms with van der Waals surface area (Å²) < 4.78 is 6.55.